The van der Waals surface area contributed by atoms with Crippen LogP contribution in [0.25, 0.3) is 0 Å². The van der Waals surface area contributed by atoms with Gasteiger partial charge in [0.15, 0.2) is 0 Å². The van der Waals surface area contributed by atoms with Gasteiger partial charge in [-0.3, -0.25) is 4.72 Å². The Bertz CT molecular complexity index is 694. The first-order valence-electron chi connectivity index (χ1n) is 5.94. The van der Waals surface area contributed by atoms with Gasteiger partial charge in [-0.05, 0) is 53.7 Å². The molecule has 0 amide bonds. The van der Waals surface area contributed by atoms with Gasteiger partial charge in [-0.2, -0.15) is 0 Å². The van der Waals surface area contributed by atoms with Crippen LogP contribution in [0.3, 0.4) is 0 Å². The van der Waals surface area contributed by atoms with E-state index in [-0.39, 0.29) is 0 Å². The first kappa shape index (κ1) is 15.5. The standard InChI is InChI=1S/C13H15BrN2O2S2/c1-9-12(7-13(14)19-9)20(17,18)16-11-5-3-10(4-6-11)8-15-2/h3-7,15-16H,8H2,1-2H3. The van der Waals surface area contributed by atoms with Gasteiger partial charge in [0.05, 0.1) is 3.79 Å². The first-order chi connectivity index (χ1) is 9.42. The molecule has 0 atom stereocenters. The van der Waals surface area contributed by atoms with Crippen molar-refractivity contribution < 1.29 is 8.42 Å². The molecule has 1 aromatic heterocycles. The minimum Gasteiger partial charge on any atom is -0.316 e. The fraction of sp³-hybridized carbons (Fsp3) is 0.231. The van der Waals surface area contributed by atoms with Gasteiger partial charge in [0.2, 0.25) is 0 Å². The van der Waals surface area contributed by atoms with Crippen LogP contribution in [-0.4, -0.2) is 15.5 Å². The number of benzene rings is 1. The van der Waals surface area contributed by atoms with Crippen LogP contribution in [0.2, 0.25) is 0 Å². The number of thiophene rings is 1. The van der Waals surface area contributed by atoms with E-state index in [4.69, 9.17) is 0 Å². The molecule has 0 saturated carbocycles. The average Bonchev–Trinajstić information content (AvgIpc) is 2.72. The molecule has 0 saturated heterocycles. The van der Waals surface area contributed by atoms with E-state index in [9.17, 15) is 8.42 Å². The Morgan fingerprint density at radius 3 is 2.40 bits per heavy atom. The zero-order valence-electron chi connectivity index (χ0n) is 11.1. The molecule has 0 aliphatic carbocycles. The van der Waals surface area contributed by atoms with Crippen molar-refractivity contribution in [3.05, 3.63) is 44.6 Å². The Kier molecular flexibility index (Phi) is 4.85. The summed E-state index contributed by atoms with van der Waals surface area (Å²) < 4.78 is 28.0. The van der Waals surface area contributed by atoms with Crippen molar-refractivity contribution in [1.29, 1.82) is 0 Å². The van der Waals surface area contributed by atoms with Crippen LogP contribution in [0.1, 0.15) is 10.4 Å². The predicted molar refractivity (Wildman–Crippen MR) is 86.8 cm³/mol. The fourth-order valence-corrected chi connectivity index (χ4v) is 5.28. The molecule has 2 aromatic rings. The number of anilines is 1. The van der Waals surface area contributed by atoms with E-state index in [0.717, 1.165) is 20.8 Å². The monoisotopic (exact) mass is 374 g/mol. The van der Waals surface area contributed by atoms with Gasteiger partial charge >= 0.3 is 0 Å². The summed E-state index contributed by atoms with van der Waals surface area (Å²) in [4.78, 5) is 1.07. The molecule has 0 bridgehead atoms. The molecule has 4 nitrogen and oxygen atoms in total. The summed E-state index contributed by atoms with van der Waals surface area (Å²) in [7, 11) is -1.66. The molecule has 0 radical (unpaired) electrons. The van der Waals surface area contributed by atoms with Gasteiger partial charge in [0.25, 0.3) is 10.0 Å². The van der Waals surface area contributed by atoms with Crippen molar-refractivity contribution in [2.24, 2.45) is 0 Å². The predicted octanol–water partition coefficient (Wildman–Crippen LogP) is 3.34. The van der Waals surface area contributed by atoms with Crippen LogP contribution < -0.4 is 10.0 Å². The second kappa shape index (κ2) is 6.26. The molecule has 2 rings (SSSR count). The SMILES string of the molecule is CNCc1ccc(NS(=O)(=O)c2cc(Br)sc2C)cc1. The van der Waals surface area contributed by atoms with E-state index in [0.29, 0.717) is 10.6 Å². The topological polar surface area (TPSA) is 58.2 Å². The van der Waals surface area contributed by atoms with E-state index in [1.807, 2.05) is 19.2 Å². The minimum atomic E-state index is -3.53. The van der Waals surface area contributed by atoms with Crippen molar-refractivity contribution >= 4 is 43.0 Å². The molecular weight excluding hydrogens is 360 g/mol. The van der Waals surface area contributed by atoms with Crippen LogP contribution in [0, 0.1) is 6.92 Å². The lowest BCUT2D eigenvalue weighted by Gasteiger charge is -2.08. The molecule has 1 aromatic carbocycles. The van der Waals surface area contributed by atoms with Gasteiger partial charge in [0.1, 0.15) is 4.90 Å². The number of aryl methyl sites for hydroxylation is 1. The fourth-order valence-electron chi connectivity index (χ4n) is 1.80. The van der Waals surface area contributed by atoms with E-state index < -0.39 is 10.0 Å². The van der Waals surface area contributed by atoms with Gasteiger partial charge in [-0.1, -0.05) is 12.1 Å². The minimum absolute atomic E-state index is 0.314. The van der Waals surface area contributed by atoms with Crippen LogP contribution in [0.15, 0.2) is 39.0 Å². The highest BCUT2D eigenvalue weighted by Gasteiger charge is 2.19. The van der Waals surface area contributed by atoms with Gasteiger partial charge in [0, 0.05) is 17.1 Å². The summed E-state index contributed by atoms with van der Waals surface area (Å²) >= 11 is 4.71. The van der Waals surface area contributed by atoms with Crippen molar-refractivity contribution in [3.8, 4) is 0 Å². The summed E-state index contributed by atoms with van der Waals surface area (Å²) in [6.45, 7) is 2.55. The van der Waals surface area contributed by atoms with Crippen LogP contribution in [0.4, 0.5) is 5.69 Å². The molecule has 2 N–H and O–H groups in total. The summed E-state index contributed by atoms with van der Waals surface area (Å²) in [6, 6.07) is 8.94. The van der Waals surface area contributed by atoms with Gasteiger partial charge < -0.3 is 5.32 Å². The van der Waals surface area contributed by atoms with Crippen molar-refractivity contribution in [2.75, 3.05) is 11.8 Å². The van der Waals surface area contributed by atoms with Crippen molar-refractivity contribution in [3.63, 3.8) is 0 Å². The maximum Gasteiger partial charge on any atom is 0.263 e. The highest BCUT2D eigenvalue weighted by Crippen LogP contribution is 2.30. The number of halogens is 1. The second-order valence-electron chi connectivity index (χ2n) is 4.30. The molecule has 108 valence electrons. The van der Waals surface area contributed by atoms with Crippen LogP contribution in [0.5, 0.6) is 0 Å². The molecule has 0 spiro atoms. The highest BCUT2D eigenvalue weighted by atomic mass is 79.9. The normalized spacial score (nSPS) is 11.6. The van der Waals surface area contributed by atoms with E-state index >= 15 is 0 Å². The quantitative estimate of drug-likeness (QED) is 0.843. The van der Waals surface area contributed by atoms with E-state index in [1.165, 1.54) is 11.3 Å². The summed E-state index contributed by atoms with van der Waals surface area (Å²) in [5, 5.41) is 3.05. The van der Waals surface area contributed by atoms with E-state index in [1.54, 1.807) is 25.1 Å². The first-order valence-corrected chi connectivity index (χ1v) is 9.04. The van der Waals surface area contributed by atoms with Crippen molar-refractivity contribution in [2.45, 2.75) is 18.4 Å². The Labute approximate surface area is 131 Å². The van der Waals surface area contributed by atoms with Gasteiger partial charge in [-0.25, -0.2) is 8.42 Å². The smallest absolute Gasteiger partial charge is 0.263 e. The average molecular weight is 375 g/mol. The maximum absolute atomic E-state index is 12.3. The lowest BCUT2D eigenvalue weighted by molar-refractivity contribution is 0.601. The molecular formula is C13H15BrN2O2S2. The zero-order chi connectivity index (χ0) is 14.8. The summed E-state index contributed by atoms with van der Waals surface area (Å²) in [5.74, 6) is 0. The van der Waals surface area contributed by atoms with E-state index in [2.05, 4.69) is 26.0 Å². The largest absolute Gasteiger partial charge is 0.316 e. The number of hydrogen-bond donors (Lipinski definition) is 2. The number of nitrogens with one attached hydrogen (secondary N) is 2. The lowest BCUT2D eigenvalue weighted by atomic mass is 10.2. The van der Waals surface area contributed by atoms with Crippen LogP contribution in [-0.2, 0) is 16.6 Å². The Morgan fingerprint density at radius 1 is 1.25 bits per heavy atom. The van der Waals surface area contributed by atoms with Crippen LogP contribution >= 0.6 is 27.3 Å². The number of hydrogen-bond acceptors (Lipinski definition) is 4. The second-order valence-corrected chi connectivity index (χ2v) is 8.59. The third-order valence-electron chi connectivity index (χ3n) is 2.72. The highest BCUT2D eigenvalue weighted by molar-refractivity contribution is 9.11. The third-order valence-corrected chi connectivity index (χ3v) is 5.91. The number of sulfonamides is 1. The molecule has 0 unspecified atom stereocenters. The summed E-state index contributed by atoms with van der Waals surface area (Å²) in [6.07, 6.45) is 0. The van der Waals surface area contributed by atoms with Gasteiger partial charge in [-0.15, -0.1) is 11.3 Å². The number of rotatable bonds is 5. The Balaban J connectivity index is 2.22. The molecule has 0 fully saturated rings. The molecule has 0 aliphatic heterocycles. The summed E-state index contributed by atoms with van der Waals surface area (Å²) in [5.41, 5.74) is 1.66. The molecule has 20 heavy (non-hydrogen) atoms. The zero-order valence-corrected chi connectivity index (χ0v) is 14.3. The van der Waals surface area contributed by atoms with Crippen molar-refractivity contribution in [1.82, 2.24) is 5.32 Å². The Hall–Kier alpha value is -0.890. The molecule has 7 heteroatoms. The Morgan fingerprint density at radius 2 is 1.90 bits per heavy atom. The maximum atomic E-state index is 12.3. The molecule has 0 aliphatic rings. The molecule has 1 heterocycles. The third kappa shape index (κ3) is 3.60. The lowest BCUT2D eigenvalue weighted by Crippen LogP contribution is -2.13.